The second kappa shape index (κ2) is 21.9. The molecule has 14 heteroatoms. The van der Waals surface area contributed by atoms with Crippen molar-refractivity contribution >= 4 is 46.6 Å². The van der Waals surface area contributed by atoms with E-state index in [1.807, 2.05) is 108 Å². The van der Waals surface area contributed by atoms with Gasteiger partial charge in [0.2, 0.25) is 23.6 Å². The highest BCUT2D eigenvalue weighted by Crippen LogP contribution is 2.30. The van der Waals surface area contributed by atoms with Gasteiger partial charge >= 0.3 is 0 Å². The Balaban J connectivity index is 1.03. The van der Waals surface area contributed by atoms with Crippen molar-refractivity contribution in [2.24, 2.45) is 5.41 Å². The second-order valence-electron chi connectivity index (χ2n) is 16.9. The third kappa shape index (κ3) is 13.3. The SMILES string of the molecule is CCCNNC(=O)c1ccc(-c2ccc(NC(=O)CCCCCCC(=O)N[C@H](C(=O)N3C[C@H](O)C[C@H]3C(=O)N[C@H](C)c3ccc(-c4scnc4C)cc3)C(C)(C)C)cc2)cc1. The zero-order valence-electron chi connectivity index (χ0n) is 36.2. The van der Waals surface area contributed by atoms with Crippen LogP contribution in [0.3, 0.4) is 0 Å². The number of carbonyl (C=O) groups excluding carboxylic acids is 5. The van der Waals surface area contributed by atoms with Crippen LogP contribution in [0.5, 0.6) is 0 Å². The molecular formula is C47H61N7O6S. The number of hydrazine groups is 1. The molecule has 326 valence electrons. The molecule has 13 nitrogen and oxygen atoms in total. The van der Waals surface area contributed by atoms with Gasteiger partial charge in [-0.3, -0.25) is 29.4 Å². The van der Waals surface area contributed by atoms with Crippen LogP contribution in [-0.2, 0) is 19.2 Å². The number of rotatable bonds is 19. The van der Waals surface area contributed by atoms with Crippen LogP contribution < -0.4 is 26.8 Å². The number of unbranched alkanes of at least 4 members (excludes halogenated alkanes) is 3. The van der Waals surface area contributed by atoms with Crippen LogP contribution in [0.4, 0.5) is 5.69 Å². The average Bonchev–Trinajstić information content (AvgIpc) is 3.86. The van der Waals surface area contributed by atoms with Crippen molar-refractivity contribution in [3.8, 4) is 21.6 Å². The van der Waals surface area contributed by atoms with Crippen LogP contribution in [0.15, 0.2) is 78.3 Å². The number of likely N-dealkylation sites (tertiary alicyclic amines) is 1. The third-order valence-electron chi connectivity index (χ3n) is 10.8. The summed E-state index contributed by atoms with van der Waals surface area (Å²) < 4.78 is 0. The number of hydrogen-bond donors (Lipinski definition) is 6. The maximum absolute atomic E-state index is 14.0. The molecule has 2 heterocycles. The number of aromatic nitrogens is 1. The quantitative estimate of drug-likeness (QED) is 0.0428. The Morgan fingerprint density at radius 2 is 1.44 bits per heavy atom. The molecule has 1 fully saturated rings. The monoisotopic (exact) mass is 851 g/mol. The molecule has 1 aliphatic rings. The molecule has 6 N–H and O–H groups in total. The third-order valence-corrected chi connectivity index (χ3v) is 11.8. The number of aryl methyl sites for hydroxylation is 1. The van der Waals surface area contributed by atoms with Crippen molar-refractivity contribution in [3.05, 3.63) is 95.1 Å². The fourth-order valence-corrected chi connectivity index (χ4v) is 8.11. The molecule has 0 spiro atoms. The first kappa shape index (κ1) is 46.6. The van der Waals surface area contributed by atoms with E-state index in [4.69, 9.17) is 0 Å². The molecule has 0 saturated carbocycles. The maximum atomic E-state index is 14.0. The lowest BCUT2D eigenvalue weighted by Crippen LogP contribution is -2.57. The van der Waals surface area contributed by atoms with Crippen molar-refractivity contribution in [2.75, 3.05) is 18.4 Å². The molecular weight excluding hydrogens is 791 g/mol. The smallest absolute Gasteiger partial charge is 0.265 e. The summed E-state index contributed by atoms with van der Waals surface area (Å²) in [5.41, 5.74) is 12.8. The number of aliphatic hydroxyl groups excluding tert-OH is 1. The first-order valence-corrected chi connectivity index (χ1v) is 22.1. The van der Waals surface area contributed by atoms with Gasteiger partial charge in [-0.25, -0.2) is 10.4 Å². The van der Waals surface area contributed by atoms with Crippen molar-refractivity contribution in [2.45, 2.75) is 117 Å². The van der Waals surface area contributed by atoms with E-state index in [2.05, 4.69) is 31.8 Å². The van der Waals surface area contributed by atoms with E-state index in [0.29, 0.717) is 37.1 Å². The van der Waals surface area contributed by atoms with Crippen LogP contribution in [0, 0.1) is 12.3 Å². The summed E-state index contributed by atoms with van der Waals surface area (Å²) in [6, 6.07) is 20.7. The van der Waals surface area contributed by atoms with Gasteiger partial charge in [-0.05, 0) is 85.0 Å². The lowest BCUT2D eigenvalue weighted by atomic mass is 9.85. The molecule has 0 bridgehead atoms. The van der Waals surface area contributed by atoms with E-state index in [0.717, 1.165) is 52.1 Å². The summed E-state index contributed by atoms with van der Waals surface area (Å²) in [6.07, 6.45) is 3.50. The molecule has 1 aromatic heterocycles. The number of β-amino-alcohol motifs (C(OH)–C–C–N with tert-alkyl or cyclic N) is 1. The van der Waals surface area contributed by atoms with Crippen LogP contribution in [0.1, 0.15) is 114 Å². The van der Waals surface area contributed by atoms with Gasteiger partial charge in [0.25, 0.3) is 5.91 Å². The van der Waals surface area contributed by atoms with E-state index in [1.54, 1.807) is 23.5 Å². The van der Waals surface area contributed by atoms with Gasteiger partial charge in [-0.1, -0.05) is 89.1 Å². The molecule has 0 unspecified atom stereocenters. The number of nitrogens with one attached hydrogen (secondary N) is 5. The number of anilines is 1. The van der Waals surface area contributed by atoms with Gasteiger partial charge in [0.15, 0.2) is 0 Å². The minimum Gasteiger partial charge on any atom is -0.391 e. The molecule has 0 aliphatic carbocycles. The molecule has 5 amide bonds. The van der Waals surface area contributed by atoms with Gasteiger partial charge in [-0.15, -0.1) is 11.3 Å². The number of aliphatic hydroxyl groups is 1. The van der Waals surface area contributed by atoms with Crippen LogP contribution in [0.2, 0.25) is 0 Å². The topological polar surface area (TPSA) is 182 Å². The van der Waals surface area contributed by atoms with Crippen molar-refractivity contribution in [1.29, 1.82) is 0 Å². The lowest BCUT2D eigenvalue weighted by Gasteiger charge is -2.35. The standard InChI is InChI=1S/C47H61N7O6S/c1-7-26-49-53-44(58)36-20-16-33(17-21-36)34-22-24-37(25-23-34)51-40(56)12-10-8-9-11-13-41(57)52-43(47(4,5)6)46(60)54-28-38(55)27-39(54)45(59)50-30(2)32-14-18-35(19-15-32)42-31(3)48-29-61-42/h14-25,29-30,38-39,43,49,55H,7-13,26-28H2,1-6H3,(H,50,59)(H,51,56)(H,52,57)(H,53,58)/t30-,38-,39+,43-/m1/s1. The van der Waals surface area contributed by atoms with E-state index < -0.39 is 29.5 Å². The fraction of sp³-hybridized carbons (Fsp3) is 0.447. The highest BCUT2D eigenvalue weighted by atomic mass is 32.1. The summed E-state index contributed by atoms with van der Waals surface area (Å²) in [5.74, 6) is -1.29. The molecule has 1 aliphatic heterocycles. The van der Waals surface area contributed by atoms with Gasteiger partial charge < -0.3 is 26.0 Å². The number of carbonyl (C=O) groups is 5. The summed E-state index contributed by atoms with van der Waals surface area (Å²) >= 11 is 1.58. The van der Waals surface area contributed by atoms with Gasteiger partial charge in [0, 0.05) is 43.6 Å². The van der Waals surface area contributed by atoms with E-state index in [1.165, 1.54) is 4.90 Å². The van der Waals surface area contributed by atoms with Crippen molar-refractivity contribution < 1.29 is 29.1 Å². The highest BCUT2D eigenvalue weighted by molar-refractivity contribution is 7.13. The minimum absolute atomic E-state index is 0.00394. The number of nitrogens with zero attached hydrogens (tertiary/aromatic N) is 2. The van der Waals surface area contributed by atoms with Gasteiger partial charge in [0.1, 0.15) is 12.1 Å². The predicted octanol–water partition coefficient (Wildman–Crippen LogP) is 7.08. The first-order valence-electron chi connectivity index (χ1n) is 21.3. The molecule has 61 heavy (non-hydrogen) atoms. The van der Waals surface area contributed by atoms with E-state index >= 15 is 0 Å². The van der Waals surface area contributed by atoms with Gasteiger partial charge in [0.05, 0.1) is 28.2 Å². The van der Waals surface area contributed by atoms with Crippen LogP contribution >= 0.6 is 11.3 Å². The largest absolute Gasteiger partial charge is 0.391 e. The molecule has 4 atom stereocenters. The van der Waals surface area contributed by atoms with Crippen LogP contribution in [0.25, 0.3) is 21.6 Å². The zero-order valence-corrected chi connectivity index (χ0v) is 37.0. The maximum Gasteiger partial charge on any atom is 0.265 e. The summed E-state index contributed by atoms with van der Waals surface area (Å²) in [6.45, 7) is 12.2. The molecule has 0 radical (unpaired) electrons. The Morgan fingerprint density at radius 3 is 2.03 bits per heavy atom. The molecule has 4 aromatic rings. The Morgan fingerprint density at radius 1 is 0.836 bits per heavy atom. The molecule has 3 aromatic carbocycles. The summed E-state index contributed by atoms with van der Waals surface area (Å²) in [7, 11) is 0. The highest BCUT2D eigenvalue weighted by Gasteiger charge is 2.44. The zero-order chi connectivity index (χ0) is 44.1. The number of thiazole rings is 1. The second-order valence-corrected chi connectivity index (χ2v) is 17.7. The fourth-order valence-electron chi connectivity index (χ4n) is 7.30. The Bertz CT molecular complexity index is 2100. The summed E-state index contributed by atoms with van der Waals surface area (Å²) in [5, 5.41) is 19.5. The Labute approximate surface area is 363 Å². The number of hydrogen-bond acceptors (Lipinski definition) is 9. The number of amides is 5. The summed E-state index contributed by atoms with van der Waals surface area (Å²) in [4.78, 5) is 72.6. The van der Waals surface area contributed by atoms with E-state index in [9.17, 15) is 29.1 Å². The Kier molecular flexibility index (Phi) is 16.7. The van der Waals surface area contributed by atoms with Crippen LogP contribution in [-0.4, -0.2) is 75.8 Å². The average molecular weight is 852 g/mol. The van der Waals surface area contributed by atoms with Crippen molar-refractivity contribution in [1.82, 2.24) is 31.4 Å². The van der Waals surface area contributed by atoms with Gasteiger partial charge in [-0.2, -0.15) is 0 Å². The van der Waals surface area contributed by atoms with E-state index in [-0.39, 0.29) is 49.1 Å². The Hall–Kier alpha value is -5.44. The first-order chi connectivity index (χ1) is 29.1. The molecule has 1 saturated heterocycles. The molecule has 5 rings (SSSR count). The normalized spacial score (nSPS) is 16.1. The number of benzene rings is 3. The minimum atomic E-state index is -0.898. The lowest BCUT2D eigenvalue weighted by molar-refractivity contribution is -0.144. The predicted molar refractivity (Wildman–Crippen MR) is 240 cm³/mol. The van der Waals surface area contributed by atoms with Crippen molar-refractivity contribution in [3.63, 3.8) is 0 Å².